The Morgan fingerprint density at radius 1 is 0.529 bits per heavy atom. The van der Waals surface area contributed by atoms with E-state index in [4.69, 9.17) is 0 Å². The van der Waals surface area contributed by atoms with Gasteiger partial charge in [0, 0.05) is 0 Å². The van der Waals surface area contributed by atoms with Gasteiger partial charge in [-0.15, -0.1) is 0 Å². The van der Waals surface area contributed by atoms with Crippen molar-refractivity contribution >= 4 is 0 Å². The first-order valence-corrected chi connectivity index (χ1v) is 15.6. The molecule has 0 aromatic heterocycles. The maximum absolute atomic E-state index is 13.0. The molecule has 0 spiro atoms. The second kappa shape index (κ2) is 11.6. The first kappa shape index (κ1) is 28.5. The van der Waals surface area contributed by atoms with E-state index in [0.717, 1.165) is 41.4 Å². The fourth-order valence-electron chi connectivity index (χ4n) is 9.68. The van der Waals surface area contributed by atoms with Crippen LogP contribution in [0.25, 0.3) is 0 Å². The van der Waals surface area contributed by atoms with E-state index in [1.165, 1.54) is 57.8 Å². The van der Waals surface area contributed by atoms with E-state index >= 15 is 0 Å². The lowest BCUT2D eigenvalue weighted by Gasteiger charge is -2.57. The molecule has 3 saturated carbocycles. The first-order valence-electron chi connectivity index (χ1n) is 15.6. The zero-order valence-electron chi connectivity index (χ0n) is 24.8. The molecular formula is C33H62O. The summed E-state index contributed by atoms with van der Waals surface area (Å²) in [5.74, 6) is 8.97. The molecular weight excluding hydrogens is 412 g/mol. The molecule has 3 rings (SSSR count). The number of hydrogen-bond donors (Lipinski definition) is 1. The number of aliphatic hydroxyl groups is 1. The Bertz CT molecular complexity index is 586. The molecule has 0 aromatic carbocycles. The molecule has 1 N–H and O–H groups in total. The standard InChI is InChI=1S/C33H62O/c1-20(2)26-14-11-23(7)17-29(26)32(30-18-24(8)12-15-27(30)21(3)4)33(10,34)31-19-25(9)13-16-28(31)22(5)6/h20-32,34H,11-19H2,1-10H3. The van der Waals surface area contributed by atoms with Gasteiger partial charge in [0.1, 0.15) is 0 Å². The maximum atomic E-state index is 13.0. The van der Waals surface area contributed by atoms with Gasteiger partial charge in [-0.25, -0.2) is 0 Å². The van der Waals surface area contributed by atoms with E-state index in [1.54, 1.807) is 0 Å². The van der Waals surface area contributed by atoms with E-state index in [-0.39, 0.29) is 0 Å². The molecule has 10 atom stereocenters. The Morgan fingerprint density at radius 2 is 0.882 bits per heavy atom. The lowest BCUT2D eigenvalue weighted by molar-refractivity contribution is -0.165. The van der Waals surface area contributed by atoms with Crippen LogP contribution in [0.4, 0.5) is 0 Å². The number of rotatable bonds is 7. The fourth-order valence-corrected chi connectivity index (χ4v) is 9.68. The maximum Gasteiger partial charge on any atom is 0.0684 e. The zero-order valence-corrected chi connectivity index (χ0v) is 24.8. The monoisotopic (exact) mass is 474 g/mol. The minimum Gasteiger partial charge on any atom is -0.390 e. The summed E-state index contributed by atoms with van der Waals surface area (Å²) < 4.78 is 0. The van der Waals surface area contributed by atoms with Gasteiger partial charge in [-0.1, -0.05) is 81.6 Å². The third kappa shape index (κ3) is 6.08. The molecule has 0 amide bonds. The normalized spacial score (nSPS) is 42.7. The molecule has 3 fully saturated rings. The quantitative estimate of drug-likeness (QED) is 0.389. The molecule has 0 saturated heterocycles. The van der Waals surface area contributed by atoms with Crippen LogP contribution in [0.1, 0.15) is 127 Å². The Morgan fingerprint density at radius 3 is 1.26 bits per heavy atom. The van der Waals surface area contributed by atoms with Crippen molar-refractivity contribution in [3.05, 3.63) is 0 Å². The van der Waals surface area contributed by atoms with Gasteiger partial charge < -0.3 is 5.11 Å². The van der Waals surface area contributed by atoms with Crippen molar-refractivity contribution < 1.29 is 5.11 Å². The van der Waals surface area contributed by atoms with Crippen LogP contribution in [0.15, 0.2) is 0 Å². The van der Waals surface area contributed by atoms with E-state index < -0.39 is 5.60 Å². The van der Waals surface area contributed by atoms with Gasteiger partial charge in [-0.3, -0.25) is 0 Å². The van der Waals surface area contributed by atoms with Gasteiger partial charge in [0.25, 0.3) is 0 Å². The molecule has 0 aliphatic heterocycles. The lowest BCUT2D eigenvalue weighted by atomic mass is 9.49. The molecule has 0 aromatic rings. The molecule has 3 aliphatic carbocycles. The predicted molar refractivity (Wildman–Crippen MR) is 149 cm³/mol. The van der Waals surface area contributed by atoms with Gasteiger partial charge in [0.2, 0.25) is 0 Å². The topological polar surface area (TPSA) is 20.2 Å². The molecule has 0 bridgehead atoms. The minimum atomic E-state index is -0.562. The molecule has 200 valence electrons. The highest BCUT2D eigenvalue weighted by Gasteiger charge is 2.55. The highest BCUT2D eigenvalue weighted by molar-refractivity contribution is 5.04. The molecule has 1 nitrogen and oxygen atoms in total. The van der Waals surface area contributed by atoms with E-state index in [2.05, 4.69) is 69.2 Å². The van der Waals surface area contributed by atoms with Gasteiger partial charge in [-0.05, 0) is 122 Å². The summed E-state index contributed by atoms with van der Waals surface area (Å²) in [6, 6.07) is 0. The highest BCUT2D eigenvalue weighted by atomic mass is 16.3. The van der Waals surface area contributed by atoms with Gasteiger partial charge in [0.15, 0.2) is 0 Å². The van der Waals surface area contributed by atoms with Crippen molar-refractivity contribution in [3.63, 3.8) is 0 Å². The summed E-state index contributed by atoms with van der Waals surface area (Å²) in [5.41, 5.74) is -0.562. The fraction of sp³-hybridized carbons (Fsp3) is 1.00. The van der Waals surface area contributed by atoms with Crippen molar-refractivity contribution in [1.82, 2.24) is 0 Å². The zero-order chi connectivity index (χ0) is 25.4. The number of hydrogen-bond acceptors (Lipinski definition) is 1. The Labute approximate surface area is 214 Å². The van der Waals surface area contributed by atoms with E-state index in [0.29, 0.717) is 35.5 Å². The van der Waals surface area contributed by atoms with Crippen molar-refractivity contribution in [3.8, 4) is 0 Å². The summed E-state index contributed by atoms with van der Waals surface area (Å²) in [6.45, 7) is 24.6. The Balaban J connectivity index is 2.11. The smallest absolute Gasteiger partial charge is 0.0684 e. The van der Waals surface area contributed by atoms with Crippen LogP contribution < -0.4 is 0 Å². The van der Waals surface area contributed by atoms with E-state index in [1.807, 2.05) is 0 Å². The summed E-state index contributed by atoms with van der Waals surface area (Å²) >= 11 is 0. The molecule has 34 heavy (non-hydrogen) atoms. The summed E-state index contributed by atoms with van der Waals surface area (Å²) in [6.07, 6.45) is 12.1. The lowest BCUT2D eigenvalue weighted by Crippen LogP contribution is -2.57. The van der Waals surface area contributed by atoms with Gasteiger partial charge in [-0.2, -0.15) is 0 Å². The van der Waals surface area contributed by atoms with Crippen molar-refractivity contribution in [2.45, 2.75) is 133 Å². The third-order valence-electron chi connectivity index (χ3n) is 11.5. The SMILES string of the molecule is CC1CCC(C(C)C)C(C(C2CC(C)CCC2C(C)C)C(C)(O)C2CC(C)CCC2C(C)C)C1. The second-order valence-electron chi connectivity index (χ2n) is 15.2. The highest BCUT2D eigenvalue weighted by Crippen LogP contribution is 2.57. The van der Waals surface area contributed by atoms with Crippen LogP contribution in [-0.2, 0) is 0 Å². The van der Waals surface area contributed by atoms with Gasteiger partial charge in [0.05, 0.1) is 5.60 Å². The molecule has 1 heteroatoms. The average molecular weight is 475 g/mol. The summed E-state index contributed by atoms with van der Waals surface area (Å²) in [5, 5.41) is 13.0. The molecule has 0 heterocycles. The summed E-state index contributed by atoms with van der Waals surface area (Å²) in [4.78, 5) is 0. The van der Waals surface area contributed by atoms with Crippen LogP contribution in [0, 0.1) is 76.9 Å². The van der Waals surface area contributed by atoms with Crippen LogP contribution in [0.2, 0.25) is 0 Å². The Kier molecular flexibility index (Phi) is 9.70. The average Bonchev–Trinajstić information content (AvgIpc) is 2.73. The van der Waals surface area contributed by atoms with Crippen molar-refractivity contribution in [2.75, 3.05) is 0 Å². The molecule has 0 radical (unpaired) electrons. The molecule has 10 unspecified atom stereocenters. The first-order chi connectivity index (χ1) is 15.8. The predicted octanol–water partition coefficient (Wildman–Crippen LogP) is 9.48. The Hall–Kier alpha value is -0.0400. The minimum absolute atomic E-state index is 0.453. The van der Waals surface area contributed by atoms with E-state index in [9.17, 15) is 5.11 Å². The third-order valence-corrected chi connectivity index (χ3v) is 11.5. The van der Waals surface area contributed by atoms with Gasteiger partial charge >= 0.3 is 0 Å². The van der Waals surface area contributed by atoms with Crippen LogP contribution >= 0.6 is 0 Å². The van der Waals surface area contributed by atoms with Crippen molar-refractivity contribution in [2.24, 2.45) is 76.9 Å². The van der Waals surface area contributed by atoms with Crippen molar-refractivity contribution in [1.29, 1.82) is 0 Å². The van der Waals surface area contributed by atoms with Crippen LogP contribution in [0.5, 0.6) is 0 Å². The molecule has 3 aliphatic rings. The second-order valence-corrected chi connectivity index (χ2v) is 15.2. The van der Waals surface area contributed by atoms with Crippen LogP contribution in [0.3, 0.4) is 0 Å². The van der Waals surface area contributed by atoms with Crippen LogP contribution in [-0.4, -0.2) is 10.7 Å². The largest absolute Gasteiger partial charge is 0.390 e. The summed E-state index contributed by atoms with van der Waals surface area (Å²) in [7, 11) is 0.